The van der Waals surface area contributed by atoms with E-state index in [0.29, 0.717) is 5.46 Å². The predicted molar refractivity (Wildman–Crippen MR) is 355 cm³/mol. The Bertz CT molecular complexity index is 4700. The van der Waals surface area contributed by atoms with Crippen LogP contribution >= 0.6 is 38.6 Å². The Kier molecular flexibility index (Phi) is 15.2. The molecule has 6 heterocycles. The van der Waals surface area contributed by atoms with Crippen LogP contribution in [0.4, 0.5) is 34.1 Å². The summed E-state index contributed by atoms with van der Waals surface area (Å²) in [5.74, 6) is 0. The molecular weight excluding hydrogens is 1310 g/mol. The van der Waals surface area contributed by atoms with E-state index in [1.54, 1.807) is 34.8 Å². The molecular formula is C71H56BBrN6O2S2W. The van der Waals surface area contributed by atoms with Gasteiger partial charge < -0.3 is 19.8 Å². The monoisotopic (exact) mass is 1360 g/mol. The fourth-order valence-electron chi connectivity index (χ4n) is 11.9. The number of aromatic nitrogens is 4. The second kappa shape index (κ2) is 22.6. The summed E-state index contributed by atoms with van der Waals surface area (Å²) < 4.78 is 3.52. The molecule has 84 heavy (non-hydrogen) atoms. The van der Waals surface area contributed by atoms with Crippen molar-refractivity contribution >= 4 is 148 Å². The molecule has 0 unspecified atom stereocenters. The SMILES string of the molecule is Brc1ccc2c(c1)sc1nc3ccccc3nc12.C.CC1(C)c2ccccc2N(c2ccc(-c3ccc4c(c3)sc3nc5ccccc5nc34)cc2)c2ccccc21.CC1(C)c2ccccc2N(c2ccc(B(O)O)cc2)c2ccccc21.[W]. The van der Waals surface area contributed by atoms with Crippen molar-refractivity contribution in [2.75, 3.05) is 9.80 Å². The minimum absolute atomic E-state index is 0. The third-order valence-corrected chi connectivity index (χ3v) is 18.7. The fraction of sp³-hybridized carbons (Fsp3) is 0.0986. The van der Waals surface area contributed by atoms with Gasteiger partial charge in [0.25, 0.3) is 0 Å². The standard InChI is InChI=1S/C35H25N3S.C21H20BNO2.C14H7BrN2S.CH4.W/c1-35(2)26-9-3-7-13-30(26)38(31-14-8-4-10-27(31)35)24-18-15-22(16-19-24)23-17-20-25-32(21-23)39-34-33(25)36-28-11-5-6-12-29(28)37-34;1-21(2)17-7-3-5-9-19(17)23(20-10-6-4-8-18(20)21)16-13-11-15(12-14-16)22(24)25;15-8-5-6-9-12(7-8)18-14-13(9)16-10-3-1-2-4-11(10)17-14;;/h3-21H,1-2H3;3-14,24-25H,1-2H3;1-7H;1H4;. The van der Waals surface area contributed by atoms with Crippen molar-refractivity contribution in [2.45, 2.75) is 46.0 Å². The van der Waals surface area contributed by atoms with Gasteiger partial charge in [-0.3, -0.25) is 0 Å². The zero-order valence-electron chi connectivity index (χ0n) is 45.7. The summed E-state index contributed by atoms with van der Waals surface area (Å²) in [5, 5.41) is 21.0. The van der Waals surface area contributed by atoms with Crippen LogP contribution in [-0.2, 0) is 31.9 Å². The molecule has 410 valence electrons. The van der Waals surface area contributed by atoms with Crippen LogP contribution in [0.15, 0.2) is 235 Å². The third kappa shape index (κ3) is 9.88. The van der Waals surface area contributed by atoms with Crippen LogP contribution in [0, 0.1) is 0 Å². The van der Waals surface area contributed by atoms with Gasteiger partial charge in [0.15, 0.2) is 0 Å². The first-order chi connectivity index (χ1) is 39.9. The van der Waals surface area contributed by atoms with Crippen molar-refractivity contribution in [1.29, 1.82) is 0 Å². The Labute approximate surface area is 519 Å². The zero-order chi connectivity index (χ0) is 55.9. The molecule has 8 nitrogen and oxygen atoms in total. The van der Waals surface area contributed by atoms with Gasteiger partial charge >= 0.3 is 7.12 Å². The van der Waals surface area contributed by atoms with E-state index >= 15 is 0 Å². The summed E-state index contributed by atoms with van der Waals surface area (Å²) in [4.78, 5) is 25.8. The van der Waals surface area contributed by atoms with Crippen molar-refractivity contribution < 1.29 is 31.1 Å². The predicted octanol–water partition coefficient (Wildman–Crippen LogP) is 18.6. The first-order valence-corrected chi connectivity index (χ1v) is 29.7. The summed E-state index contributed by atoms with van der Waals surface area (Å²) in [6, 6.07) is 79.8. The van der Waals surface area contributed by atoms with Crippen LogP contribution < -0.4 is 15.3 Å². The number of benzene rings is 10. The summed E-state index contributed by atoms with van der Waals surface area (Å²) >= 11 is 6.90. The van der Waals surface area contributed by atoms with Crippen LogP contribution in [0.1, 0.15) is 57.4 Å². The Morgan fingerprint density at radius 3 is 1.17 bits per heavy atom. The van der Waals surface area contributed by atoms with E-state index in [0.717, 1.165) is 75.4 Å². The first-order valence-electron chi connectivity index (χ1n) is 27.3. The number of halogens is 1. The molecule has 0 amide bonds. The maximum absolute atomic E-state index is 9.35. The van der Waals surface area contributed by atoms with Gasteiger partial charge in [0.2, 0.25) is 0 Å². The van der Waals surface area contributed by atoms with E-state index in [1.165, 1.54) is 59.5 Å². The number of para-hydroxylation sites is 8. The minimum Gasteiger partial charge on any atom is -0.423 e. The Morgan fingerprint density at radius 2 is 0.750 bits per heavy atom. The molecule has 0 atom stereocenters. The largest absolute Gasteiger partial charge is 0.488 e. The van der Waals surface area contributed by atoms with E-state index in [9.17, 15) is 10.0 Å². The van der Waals surface area contributed by atoms with Gasteiger partial charge in [0.05, 0.1) is 44.8 Å². The van der Waals surface area contributed by atoms with Gasteiger partial charge in [-0.05, 0) is 130 Å². The van der Waals surface area contributed by atoms with Crippen LogP contribution in [0.25, 0.3) is 74.1 Å². The molecule has 0 saturated carbocycles. The van der Waals surface area contributed by atoms with E-state index in [2.05, 4.69) is 210 Å². The summed E-state index contributed by atoms with van der Waals surface area (Å²) in [7, 11) is -1.45. The molecule has 16 rings (SSSR count). The van der Waals surface area contributed by atoms with Gasteiger partial charge in [0.1, 0.15) is 20.7 Å². The van der Waals surface area contributed by atoms with Crippen LogP contribution in [0.2, 0.25) is 0 Å². The molecule has 0 aliphatic carbocycles. The van der Waals surface area contributed by atoms with E-state index in [-0.39, 0.29) is 39.3 Å². The van der Waals surface area contributed by atoms with Crippen molar-refractivity contribution in [1.82, 2.24) is 19.9 Å². The van der Waals surface area contributed by atoms with E-state index in [4.69, 9.17) is 15.0 Å². The number of anilines is 6. The quantitative estimate of drug-likeness (QED) is 0.168. The number of rotatable bonds is 4. The molecule has 0 fully saturated rings. The zero-order valence-corrected chi connectivity index (χ0v) is 51.8. The van der Waals surface area contributed by atoms with E-state index < -0.39 is 7.12 Å². The maximum atomic E-state index is 9.35. The summed E-state index contributed by atoms with van der Waals surface area (Å²) in [6.07, 6.45) is 0. The molecule has 10 aromatic carbocycles. The Hall–Kier alpha value is -7.93. The number of thiophene rings is 2. The maximum Gasteiger partial charge on any atom is 0.488 e. The Morgan fingerprint density at radius 1 is 0.405 bits per heavy atom. The molecule has 13 heteroatoms. The molecule has 0 radical (unpaired) electrons. The molecule has 0 spiro atoms. The first kappa shape index (κ1) is 56.6. The van der Waals surface area contributed by atoms with Crippen molar-refractivity contribution in [3.63, 3.8) is 0 Å². The number of hydrogen-bond donors (Lipinski definition) is 2. The minimum atomic E-state index is -1.45. The van der Waals surface area contributed by atoms with Gasteiger partial charge in [0, 0.05) is 67.9 Å². The van der Waals surface area contributed by atoms with Crippen LogP contribution in [0.3, 0.4) is 0 Å². The number of hydrogen-bond acceptors (Lipinski definition) is 10. The second-order valence-corrected chi connectivity index (χ2v) is 24.8. The topological polar surface area (TPSA) is 98.5 Å². The van der Waals surface area contributed by atoms with Crippen molar-refractivity contribution in [2.24, 2.45) is 0 Å². The molecule has 2 aliphatic heterocycles. The third-order valence-electron chi connectivity index (χ3n) is 16.1. The van der Waals surface area contributed by atoms with Crippen LogP contribution in [0.5, 0.6) is 0 Å². The number of nitrogens with zero attached hydrogens (tertiary/aromatic N) is 6. The fourth-order valence-corrected chi connectivity index (χ4v) is 14.6. The smallest absolute Gasteiger partial charge is 0.423 e. The second-order valence-electron chi connectivity index (χ2n) is 21.8. The molecule has 2 N–H and O–H groups in total. The molecule has 2 aliphatic rings. The summed E-state index contributed by atoms with van der Waals surface area (Å²) in [6.45, 7) is 9.16. The molecule has 4 aromatic heterocycles. The van der Waals surface area contributed by atoms with Crippen molar-refractivity contribution in [3.8, 4) is 11.1 Å². The average Bonchev–Trinajstić information content (AvgIpc) is 1.70. The van der Waals surface area contributed by atoms with Crippen molar-refractivity contribution in [3.05, 3.63) is 257 Å². The van der Waals surface area contributed by atoms with E-state index in [1.807, 2.05) is 66.7 Å². The Balaban J connectivity index is 0.000000133. The number of fused-ring (bicyclic) bond motifs is 12. The van der Waals surface area contributed by atoms with Gasteiger partial charge in [-0.25, -0.2) is 19.9 Å². The van der Waals surface area contributed by atoms with Gasteiger partial charge in [-0.2, -0.15) is 0 Å². The molecule has 0 saturated heterocycles. The summed E-state index contributed by atoms with van der Waals surface area (Å²) in [5.41, 5.74) is 20.7. The molecule has 14 aromatic rings. The average molecular weight is 1360 g/mol. The van der Waals surface area contributed by atoms with Crippen LogP contribution in [-0.4, -0.2) is 37.1 Å². The van der Waals surface area contributed by atoms with Gasteiger partial charge in [-0.15, -0.1) is 22.7 Å². The normalized spacial score (nSPS) is 13.4. The molecule has 0 bridgehead atoms. The van der Waals surface area contributed by atoms with Gasteiger partial charge in [-0.1, -0.05) is 191 Å².